The van der Waals surface area contributed by atoms with E-state index in [4.69, 9.17) is 14.0 Å². The summed E-state index contributed by atoms with van der Waals surface area (Å²) in [5.41, 5.74) is -1.08. The normalized spacial score (nSPS) is 23.0. The van der Waals surface area contributed by atoms with Crippen LogP contribution in [0.4, 0.5) is 0 Å². The van der Waals surface area contributed by atoms with Crippen molar-refractivity contribution in [1.82, 2.24) is 25.9 Å². The topological polar surface area (TPSA) is 175 Å². The summed E-state index contributed by atoms with van der Waals surface area (Å²) in [6.07, 6.45) is 3.41. The molecule has 2 aliphatic heterocycles. The van der Waals surface area contributed by atoms with E-state index in [1.54, 1.807) is 24.3 Å². The summed E-state index contributed by atoms with van der Waals surface area (Å²) in [4.78, 5) is 72.4. The van der Waals surface area contributed by atoms with E-state index < -0.39 is 66.8 Å². The summed E-state index contributed by atoms with van der Waals surface area (Å²) in [5.74, 6) is -4.66. The van der Waals surface area contributed by atoms with Crippen LogP contribution in [0.15, 0.2) is 48.9 Å². The van der Waals surface area contributed by atoms with Crippen molar-refractivity contribution in [2.24, 2.45) is 5.92 Å². The highest BCUT2D eigenvalue weighted by molar-refractivity contribution is 6.68. The lowest BCUT2D eigenvalue weighted by molar-refractivity contribution is -0.156. The second kappa shape index (κ2) is 11.8. The Hall–Kier alpha value is -4.33. The molecule has 2 saturated heterocycles. The SMILES string of the molecule is CNC(=O)C[C@@]12CC(=O)O[B-](C(CC(C)C)NC(=O)[C@H](Cc3ccccc3)NC(=O)c3cnccn3)(OC1=O)O2. The van der Waals surface area contributed by atoms with Crippen LogP contribution in [0, 0.1) is 5.92 Å². The molecule has 212 valence electrons. The van der Waals surface area contributed by atoms with Crippen molar-refractivity contribution >= 4 is 36.4 Å². The standard InChI is InChI=1S/C26H31BN5O8/c1-16(2)11-20(27-38-22(34)14-26(40-27,25(37)39-27)13-21(33)28-3)32-23(35)18(12-17-7-5-4-6-8-17)31-24(36)19-15-29-9-10-30-19/h4-10,15-16,18,20H,11-14H2,1-3H3,(H,28,33)(H,31,36)(H,32,35)/q-1/t18-,20?,26+,27?/m0/s1. The predicted octanol–water partition coefficient (Wildman–Crippen LogP) is 0.222. The van der Waals surface area contributed by atoms with Crippen molar-refractivity contribution in [2.75, 3.05) is 7.05 Å². The fraction of sp³-hybridized carbons (Fsp3) is 0.423. The van der Waals surface area contributed by atoms with Gasteiger partial charge in [-0.25, -0.2) is 4.98 Å². The third-order valence-corrected chi connectivity index (χ3v) is 6.73. The highest BCUT2D eigenvalue weighted by Crippen LogP contribution is 2.43. The average molecular weight is 552 g/mol. The lowest BCUT2D eigenvalue weighted by Gasteiger charge is -2.46. The predicted molar refractivity (Wildman–Crippen MR) is 140 cm³/mol. The quantitative estimate of drug-likeness (QED) is 0.327. The van der Waals surface area contributed by atoms with Crippen molar-refractivity contribution in [3.63, 3.8) is 0 Å². The molecule has 4 atom stereocenters. The van der Waals surface area contributed by atoms with E-state index in [2.05, 4.69) is 25.9 Å². The molecular weight excluding hydrogens is 521 g/mol. The fourth-order valence-corrected chi connectivity index (χ4v) is 4.86. The molecule has 3 heterocycles. The maximum Gasteiger partial charge on any atom is 0.518 e. The Morgan fingerprint density at radius 1 is 1.07 bits per heavy atom. The van der Waals surface area contributed by atoms with Crippen molar-refractivity contribution in [2.45, 2.75) is 57.1 Å². The second-order valence-electron chi connectivity index (χ2n) is 10.3. The molecule has 1 aromatic heterocycles. The Morgan fingerprint density at radius 2 is 1.82 bits per heavy atom. The van der Waals surface area contributed by atoms with E-state index in [9.17, 15) is 24.0 Å². The van der Waals surface area contributed by atoms with Gasteiger partial charge in [0, 0.05) is 31.8 Å². The Kier molecular flexibility index (Phi) is 8.47. The minimum absolute atomic E-state index is 0.0168. The van der Waals surface area contributed by atoms with Crippen LogP contribution in [-0.2, 0) is 39.6 Å². The highest BCUT2D eigenvalue weighted by atomic mass is 16.8. The Bertz CT molecular complexity index is 1280. The zero-order valence-electron chi connectivity index (χ0n) is 22.4. The summed E-state index contributed by atoms with van der Waals surface area (Å²) in [6.45, 7) is 0.579. The number of rotatable bonds is 11. The van der Waals surface area contributed by atoms with Gasteiger partial charge in [-0.05, 0) is 11.5 Å². The van der Waals surface area contributed by atoms with Crippen LogP contribution in [0.1, 0.15) is 49.2 Å². The Balaban J connectivity index is 1.62. The molecule has 2 bridgehead atoms. The largest absolute Gasteiger partial charge is 0.632 e. The molecule has 40 heavy (non-hydrogen) atoms. The Morgan fingerprint density at radius 3 is 2.48 bits per heavy atom. The highest BCUT2D eigenvalue weighted by Gasteiger charge is 2.64. The third kappa shape index (κ3) is 6.28. The van der Waals surface area contributed by atoms with E-state index in [1.807, 2.05) is 19.9 Å². The first-order valence-electron chi connectivity index (χ1n) is 13.0. The van der Waals surface area contributed by atoms with Crippen molar-refractivity contribution in [3.8, 4) is 0 Å². The number of nitrogens with zero attached hydrogens (tertiary/aromatic N) is 2. The molecule has 3 N–H and O–H groups in total. The van der Waals surface area contributed by atoms with Crippen molar-refractivity contribution in [3.05, 3.63) is 60.2 Å². The Labute approximate surface area is 230 Å². The number of nitrogens with one attached hydrogen (secondary N) is 3. The van der Waals surface area contributed by atoms with Crippen LogP contribution in [0.2, 0.25) is 0 Å². The van der Waals surface area contributed by atoms with Gasteiger partial charge in [0.15, 0.2) is 0 Å². The molecule has 0 radical (unpaired) electrons. The van der Waals surface area contributed by atoms with Gasteiger partial charge in [-0.15, -0.1) is 0 Å². The molecule has 0 spiro atoms. The van der Waals surface area contributed by atoms with Gasteiger partial charge in [0.2, 0.25) is 11.8 Å². The van der Waals surface area contributed by atoms with Gasteiger partial charge < -0.3 is 29.9 Å². The number of carbonyl (C=O) groups excluding carboxylic acids is 5. The number of aromatic nitrogens is 2. The van der Waals surface area contributed by atoms with E-state index in [-0.39, 0.29) is 24.5 Å². The van der Waals surface area contributed by atoms with E-state index in [0.717, 1.165) is 5.56 Å². The molecular formula is C26H31BN5O8-. The van der Waals surface area contributed by atoms with Crippen LogP contribution < -0.4 is 16.0 Å². The van der Waals surface area contributed by atoms with Crippen LogP contribution >= 0.6 is 0 Å². The van der Waals surface area contributed by atoms with Gasteiger partial charge in [0.05, 0.1) is 19.0 Å². The van der Waals surface area contributed by atoms with E-state index in [1.165, 1.54) is 25.6 Å². The summed E-state index contributed by atoms with van der Waals surface area (Å²) >= 11 is 0. The van der Waals surface area contributed by atoms with Crippen LogP contribution in [-0.4, -0.2) is 71.0 Å². The van der Waals surface area contributed by atoms with Gasteiger partial charge in [0.25, 0.3) is 17.8 Å². The van der Waals surface area contributed by atoms with Gasteiger partial charge in [0.1, 0.15) is 17.3 Å². The molecule has 4 rings (SSSR count). The monoisotopic (exact) mass is 552 g/mol. The fourth-order valence-electron chi connectivity index (χ4n) is 4.86. The minimum Gasteiger partial charge on any atom is -0.632 e. The third-order valence-electron chi connectivity index (χ3n) is 6.73. The molecule has 3 amide bonds. The van der Waals surface area contributed by atoms with Crippen molar-refractivity contribution in [1.29, 1.82) is 0 Å². The summed E-state index contributed by atoms with van der Waals surface area (Å²) in [6, 6.07) is 7.95. The van der Waals surface area contributed by atoms with Crippen LogP contribution in [0.5, 0.6) is 0 Å². The van der Waals surface area contributed by atoms with Gasteiger partial charge in [-0.2, -0.15) is 0 Å². The zero-order chi connectivity index (χ0) is 28.9. The van der Waals surface area contributed by atoms with Gasteiger partial charge in [-0.1, -0.05) is 50.6 Å². The van der Waals surface area contributed by atoms with E-state index in [0.29, 0.717) is 0 Å². The minimum atomic E-state index is -3.15. The van der Waals surface area contributed by atoms with Crippen LogP contribution in [0.3, 0.4) is 0 Å². The number of amides is 3. The van der Waals surface area contributed by atoms with E-state index >= 15 is 0 Å². The smallest absolute Gasteiger partial charge is 0.518 e. The molecule has 2 aromatic rings. The zero-order valence-corrected chi connectivity index (χ0v) is 22.4. The summed E-state index contributed by atoms with van der Waals surface area (Å²) < 4.78 is 17.1. The molecule has 2 aliphatic rings. The first kappa shape index (κ1) is 28.7. The first-order valence-corrected chi connectivity index (χ1v) is 13.0. The van der Waals surface area contributed by atoms with Crippen LogP contribution in [0.25, 0.3) is 0 Å². The number of carbonyl (C=O) groups is 5. The van der Waals surface area contributed by atoms with Crippen molar-refractivity contribution < 1.29 is 37.9 Å². The number of fused-ring (bicyclic) bond motifs is 2. The molecule has 2 unspecified atom stereocenters. The summed E-state index contributed by atoms with van der Waals surface area (Å²) in [5, 5.41) is 7.89. The molecule has 2 fully saturated rings. The molecule has 0 aliphatic carbocycles. The molecule has 14 heteroatoms. The maximum absolute atomic E-state index is 13.7. The lowest BCUT2D eigenvalue weighted by atomic mass is 9.64. The first-order chi connectivity index (χ1) is 19.1. The second-order valence-corrected chi connectivity index (χ2v) is 10.3. The van der Waals surface area contributed by atoms with Gasteiger partial charge in [-0.3, -0.25) is 29.0 Å². The number of hydrogen-bond acceptors (Lipinski definition) is 10. The number of benzene rings is 1. The molecule has 13 nitrogen and oxygen atoms in total. The number of hydrogen-bond donors (Lipinski definition) is 3. The maximum atomic E-state index is 13.7. The summed E-state index contributed by atoms with van der Waals surface area (Å²) in [7, 11) is 1.39. The molecule has 1 aromatic carbocycles. The average Bonchev–Trinajstić information content (AvgIpc) is 3.13. The lowest BCUT2D eigenvalue weighted by Crippen LogP contribution is -2.66. The molecule has 0 saturated carbocycles. The van der Waals surface area contributed by atoms with Gasteiger partial charge >= 0.3 is 6.75 Å².